The first-order valence-corrected chi connectivity index (χ1v) is 10.0. The molecule has 0 fully saturated rings. The largest absolute Gasteiger partial charge is 0.492 e. The maximum absolute atomic E-state index is 12.7. The van der Waals surface area contributed by atoms with Crippen molar-refractivity contribution in [3.05, 3.63) is 64.9 Å². The summed E-state index contributed by atoms with van der Waals surface area (Å²) in [4.78, 5) is 4.41. The van der Waals surface area contributed by atoms with Crippen LogP contribution in [0.2, 0.25) is 0 Å². The van der Waals surface area contributed by atoms with Gasteiger partial charge in [0, 0.05) is 16.1 Å². The number of hydrogen-bond acceptors (Lipinski definition) is 4. The highest BCUT2D eigenvalue weighted by atomic mass is 79.9. The van der Waals surface area contributed by atoms with Gasteiger partial charge in [0.25, 0.3) is 0 Å². The van der Waals surface area contributed by atoms with Crippen molar-refractivity contribution < 1.29 is 13.2 Å². The molecule has 3 aromatic rings. The van der Waals surface area contributed by atoms with Crippen molar-refractivity contribution >= 4 is 36.7 Å². The van der Waals surface area contributed by atoms with Crippen molar-refractivity contribution in [3.8, 4) is 5.75 Å². The first-order valence-electron chi connectivity index (χ1n) is 7.76. The highest BCUT2D eigenvalue weighted by molar-refractivity contribution is 9.10. The number of nitrogens with zero attached hydrogens (tertiary/aromatic N) is 1. The van der Waals surface area contributed by atoms with E-state index >= 15 is 0 Å². The minimum atomic E-state index is -3.75. The molecule has 0 aliphatic heterocycles. The summed E-state index contributed by atoms with van der Waals surface area (Å²) >= 11 is 3.31. The Kier molecular flexibility index (Phi) is 5.36. The van der Waals surface area contributed by atoms with Crippen molar-refractivity contribution in [1.82, 2.24) is 9.71 Å². The lowest BCUT2D eigenvalue weighted by Gasteiger charge is -2.13. The maximum Gasteiger partial charge on any atom is 0.244 e. The van der Waals surface area contributed by atoms with E-state index in [0.29, 0.717) is 22.5 Å². The maximum atomic E-state index is 12.7. The lowest BCUT2D eigenvalue weighted by molar-refractivity contribution is 0.331. The van der Waals surface area contributed by atoms with Gasteiger partial charge in [-0.25, -0.2) is 13.1 Å². The monoisotopic (exact) mass is 420 g/mol. The molecule has 0 atom stereocenters. The van der Waals surface area contributed by atoms with Gasteiger partial charge in [0.2, 0.25) is 10.0 Å². The van der Waals surface area contributed by atoms with E-state index in [9.17, 15) is 8.42 Å². The Hall–Kier alpha value is -1.96. The number of halogens is 1. The van der Waals surface area contributed by atoms with E-state index in [4.69, 9.17) is 4.74 Å². The zero-order valence-electron chi connectivity index (χ0n) is 13.6. The van der Waals surface area contributed by atoms with Crippen molar-refractivity contribution in [2.24, 2.45) is 0 Å². The molecule has 5 nitrogen and oxygen atoms in total. The number of fused-ring (bicyclic) bond motifs is 1. The van der Waals surface area contributed by atoms with Gasteiger partial charge in [0.15, 0.2) is 0 Å². The summed E-state index contributed by atoms with van der Waals surface area (Å²) < 4.78 is 34.2. The molecule has 0 saturated carbocycles. The molecule has 7 heteroatoms. The second kappa shape index (κ2) is 7.51. The van der Waals surface area contributed by atoms with Crippen molar-refractivity contribution in [2.45, 2.75) is 18.4 Å². The quantitative estimate of drug-likeness (QED) is 0.656. The Labute approximate surface area is 155 Å². The molecule has 0 unspecified atom stereocenters. The van der Waals surface area contributed by atoms with Crippen LogP contribution in [0.4, 0.5) is 0 Å². The second-order valence-corrected chi connectivity index (χ2v) is 7.98. The van der Waals surface area contributed by atoms with Gasteiger partial charge in [0.1, 0.15) is 10.6 Å². The molecule has 130 valence electrons. The number of pyridine rings is 1. The summed E-state index contributed by atoms with van der Waals surface area (Å²) in [5.74, 6) is 0.323. The summed E-state index contributed by atoms with van der Waals surface area (Å²) in [6, 6.07) is 14.6. The summed E-state index contributed by atoms with van der Waals surface area (Å²) in [5.41, 5.74) is 0.676. The van der Waals surface area contributed by atoms with Gasteiger partial charge in [-0.3, -0.25) is 4.98 Å². The molecule has 0 spiro atoms. The standard InChI is InChI=1S/C18H17BrN2O3S/c1-2-24-17-8-7-14(19)11-18(17)25(22,23)21-12-16-15-6-4-3-5-13(15)9-10-20-16/h3-11,21H,2,12H2,1H3. The topological polar surface area (TPSA) is 68.3 Å². The van der Waals surface area contributed by atoms with Gasteiger partial charge in [-0.15, -0.1) is 0 Å². The molecule has 0 radical (unpaired) electrons. The third kappa shape index (κ3) is 4.00. The van der Waals surface area contributed by atoms with Crippen LogP contribution >= 0.6 is 15.9 Å². The van der Waals surface area contributed by atoms with Crippen molar-refractivity contribution in [2.75, 3.05) is 6.61 Å². The van der Waals surface area contributed by atoms with E-state index in [1.807, 2.05) is 37.3 Å². The lowest BCUT2D eigenvalue weighted by atomic mass is 10.1. The van der Waals surface area contributed by atoms with E-state index in [2.05, 4.69) is 25.6 Å². The average Bonchev–Trinajstić information content (AvgIpc) is 2.61. The van der Waals surface area contributed by atoms with Crippen LogP contribution in [0.25, 0.3) is 10.8 Å². The van der Waals surface area contributed by atoms with Crippen molar-refractivity contribution in [3.63, 3.8) is 0 Å². The van der Waals surface area contributed by atoms with Crippen LogP contribution in [0, 0.1) is 0 Å². The highest BCUT2D eigenvalue weighted by Gasteiger charge is 2.20. The number of hydrogen-bond donors (Lipinski definition) is 1. The zero-order valence-corrected chi connectivity index (χ0v) is 16.0. The smallest absolute Gasteiger partial charge is 0.244 e. The SMILES string of the molecule is CCOc1ccc(Br)cc1S(=O)(=O)NCc1nccc2ccccc12. The molecule has 25 heavy (non-hydrogen) atoms. The Bertz CT molecular complexity index is 1000. The minimum absolute atomic E-state index is 0.0990. The number of sulfonamides is 1. The van der Waals surface area contributed by atoms with Gasteiger partial charge in [-0.2, -0.15) is 0 Å². The average molecular weight is 421 g/mol. The van der Waals surface area contributed by atoms with Crippen molar-refractivity contribution in [1.29, 1.82) is 0 Å². The number of rotatable bonds is 6. The molecular weight excluding hydrogens is 404 g/mol. The third-order valence-electron chi connectivity index (χ3n) is 3.68. The Morgan fingerprint density at radius 2 is 1.96 bits per heavy atom. The summed E-state index contributed by atoms with van der Waals surface area (Å²) in [6.45, 7) is 2.29. The van der Waals surface area contributed by atoms with Crippen LogP contribution in [0.5, 0.6) is 5.75 Å². The molecular formula is C18H17BrN2O3S. The first kappa shape index (κ1) is 17.8. The van der Waals surface area contributed by atoms with E-state index in [1.54, 1.807) is 18.3 Å². The number of nitrogens with one attached hydrogen (secondary N) is 1. The Balaban J connectivity index is 1.91. The number of benzene rings is 2. The number of ether oxygens (including phenoxy) is 1. The molecule has 0 aliphatic rings. The molecule has 0 saturated heterocycles. The second-order valence-electron chi connectivity index (χ2n) is 5.33. The fourth-order valence-electron chi connectivity index (χ4n) is 2.53. The Morgan fingerprint density at radius 3 is 2.76 bits per heavy atom. The van der Waals surface area contributed by atoms with Gasteiger partial charge in [-0.1, -0.05) is 40.2 Å². The van der Waals surface area contributed by atoms with Gasteiger partial charge < -0.3 is 4.74 Å². The molecule has 2 aromatic carbocycles. The molecule has 1 N–H and O–H groups in total. The van der Waals surface area contributed by atoms with E-state index in [1.165, 1.54) is 6.07 Å². The van der Waals surface area contributed by atoms with Crippen LogP contribution in [0.1, 0.15) is 12.6 Å². The fraction of sp³-hybridized carbons (Fsp3) is 0.167. The van der Waals surface area contributed by atoms with Crippen LogP contribution in [0.3, 0.4) is 0 Å². The molecule has 3 rings (SSSR count). The number of aromatic nitrogens is 1. The van der Waals surface area contributed by atoms with Crippen LogP contribution < -0.4 is 9.46 Å². The summed E-state index contributed by atoms with van der Waals surface area (Å²) in [5, 5.41) is 1.94. The van der Waals surface area contributed by atoms with Gasteiger partial charge in [-0.05, 0) is 36.6 Å². The van der Waals surface area contributed by atoms with Gasteiger partial charge >= 0.3 is 0 Å². The zero-order chi connectivity index (χ0) is 17.9. The normalized spacial score (nSPS) is 11.6. The molecule has 0 amide bonds. The minimum Gasteiger partial charge on any atom is -0.492 e. The third-order valence-corrected chi connectivity index (χ3v) is 5.60. The highest BCUT2D eigenvalue weighted by Crippen LogP contribution is 2.28. The molecule has 0 bridgehead atoms. The van der Waals surface area contributed by atoms with Crippen LogP contribution in [-0.4, -0.2) is 20.0 Å². The molecule has 1 aromatic heterocycles. The summed E-state index contributed by atoms with van der Waals surface area (Å²) in [7, 11) is -3.75. The van der Waals surface area contributed by atoms with E-state index in [-0.39, 0.29) is 11.4 Å². The van der Waals surface area contributed by atoms with Crippen LogP contribution in [-0.2, 0) is 16.6 Å². The Morgan fingerprint density at radius 1 is 1.16 bits per heavy atom. The van der Waals surface area contributed by atoms with Gasteiger partial charge in [0.05, 0.1) is 18.8 Å². The van der Waals surface area contributed by atoms with E-state index in [0.717, 1.165) is 10.8 Å². The molecule has 1 heterocycles. The van der Waals surface area contributed by atoms with E-state index < -0.39 is 10.0 Å². The molecule has 0 aliphatic carbocycles. The van der Waals surface area contributed by atoms with Crippen LogP contribution in [0.15, 0.2) is 64.1 Å². The fourth-order valence-corrected chi connectivity index (χ4v) is 4.20. The predicted molar refractivity (Wildman–Crippen MR) is 101 cm³/mol. The lowest BCUT2D eigenvalue weighted by Crippen LogP contribution is -2.24. The summed E-state index contributed by atoms with van der Waals surface area (Å²) in [6.07, 6.45) is 1.68. The first-order chi connectivity index (χ1) is 12.0. The predicted octanol–water partition coefficient (Wildman–Crippen LogP) is 3.87.